The van der Waals surface area contributed by atoms with E-state index in [2.05, 4.69) is 14.6 Å². The Hall–Kier alpha value is -1.91. The quantitative estimate of drug-likeness (QED) is 0.732. The van der Waals surface area contributed by atoms with E-state index < -0.39 is 10.0 Å². The highest BCUT2D eigenvalue weighted by atomic mass is 32.2. The summed E-state index contributed by atoms with van der Waals surface area (Å²) in [6.45, 7) is 2.36. The lowest BCUT2D eigenvalue weighted by Crippen LogP contribution is -2.59. The Kier molecular flexibility index (Phi) is 5.93. The van der Waals surface area contributed by atoms with E-state index in [4.69, 9.17) is 9.47 Å². The van der Waals surface area contributed by atoms with Crippen LogP contribution in [0.15, 0.2) is 18.3 Å². The summed E-state index contributed by atoms with van der Waals surface area (Å²) in [5.41, 5.74) is 0. The highest BCUT2D eigenvalue weighted by Gasteiger charge is 2.37. The first-order valence-corrected chi connectivity index (χ1v) is 12.0. The molecule has 0 spiro atoms. The van der Waals surface area contributed by atoms with Crippen LogP contribution in [0, 0.1) is 0 Å². The van der Waals surface area contributed by atoms with Crippen molar-refractivity contribution in [2.45, 2.75) is 43.9 Å². The molecule has 0 aromatic carbocycles. The van der Waals surface area contributed by atoms with Gasteiger partial charge in [-0.15, -0.1) is 0 Å². The van der Waals surface area contributed by atoms with E-state index in [-0.39, 0.29) is 30.7 Å². The van der Waals surface area contributed by atoms with Crippen molar-refractivity contribution in [3.8, 4) is 5.75 Å². The number of piperidine rings is 2. The maximum Gasteiger partial charge on any atom is 0.260 e. The molecule has 1 aromatic rings. The summed E-state index contributed by atoms with van der Waals surface area (Å²) < 4.78 is 38.4. The van der Waals surface area contributed by atoms with Crippen LogP contribution in [0.4, 0.5) is 5.82 Å². The summed E-state index contributed by atoms with van der Waals surface area (Å²) >= 11 is 0. The molecule has 0 aliphatic carbocycles. The first kappa shape index (κ1) is 20.4. The predicted octanol–water partition coefficient (Wildman–Crippen LogP) is 0.368. The van der Waals surface area contributed by atoms with Gasteiger partial charge >= 0.3 is 0 Å². The largest absolute Gasteiger partial charge is 0.480 e. The molecule has 2 fully saturated rings. The Labute approximate surface area is 171 Å². The van der Waals surface area contributed by atoms with Crippen molar-refractivity contribution >= 4 is 21.7 Å². The normalized spacial score (nSPS) is 28.4. The lowest BCUT2D eigenvalue weighted by atomic mass is 9.97. The van der Waals surface area contributed by atoms with Crippen molar-refractivity contribution in [2.75, 3.05) is 44.0 Å². The molecule has 2 atom stereocenters. The van der Waals surface area contributed by atoms with Gasteiger partial charge in [0.05, 0.1) is 25.0 Å². The summed E-state index contributed by atoms with van der Waals surface area (Å²) in [4.78, 5) is 21.3. The maximum absolute atomic E-state index is 13.0. The maximum atomic E-state index is 13.0. The molecule has 5 rings (SSSR count). The minimum atomic E-state index is -3.39. The molecule has 10 heteroatoms. The van der Waals surface area contributed by atoms with Gasteiger partial charge in [-0.25, -0.2) is 18.1 Å². The first-order valence-electron chi connectivity index (χ1n) is 10.1. The van der Waals surface area contributed by atoms with E-state index >= 15 is 0 Å². The van der Waals surface area contributed by atoms with Gasteiger partial charge in [0.1, 0.15) is 0 Å². The molecule has 2 saturated heterocycles. The van der Waals surface area contributed by atoms with Crippen LogP contribution in [0.1, 0.15) is 25.7 Å². The molecule has 160 valence electrons. The van der Waals surface area contributed by atoms with Crippen molar-refractivity contribution < 1.29 is 22.7 Å². The Balaban J connectivity index is 1.61. The molecule has 1 N–H and O–H groups in total. The molecule has 0 radical (unpaired) electrons. The molecule has 29 heavy (non-hydrogen) atoms. The standard InChI is InChI=1S/C19H28N4O5S/c1-29(25,26)21-15-4-3-9-23-16(15)12-27-14-6-10-22(11-7-14)19-17(5-2-8-20-19)28-13-18(23)24/h2,5,8,14-16,21H,3-4,6-7,9-13H2,1H3/t15-,16?/m0/s1. The number of carbonyl (C=O) groups excluding carboxylic acids is 1. The average molecular weight is 425 g/mol. The Morgan fingerprint density at radius 3 is 2.76 bits per heavy atom. The van der Waals surface area contributed by atoms with E-state index in [9.17, 15) is 13.2 Å². The number of sulfonamides is 1. The molecule has 4 aliphatic heterocycles. The van der Waals surface area contributed by atoms with Crippen molar-refractivity contribution in [1.29, 1.82) is 0 Å². The second-order valence-electron chi connectivity index (χ2n) is 7.93. The Morgan fingerprint density at radius 2 is 2.00 bits per heavy atom. The smallest absolute Gasteiger partial charge is 0.260 e. The lowest BCUT2D eigenvalue weighted by molar-refractivity contribution is -0.140. The van der Waals surface area contributed by atoms with Crippen LogP contribution in [-0.2, 0) is 19.6 Å². The van der Waals surface area contributed by atoms with Gasteiger partial charge in [-0.1, -0.05) is 0 Å². The molecule has 5 heterocycles. The van der Waals surface area contributed by atoms with Crippen molar-refractivity contribution in [3.05, 3.63) is 18.3 Å². The zero-order valence-corrected chi connectivity index (χ0v) is 17.4. The van der Waals surface area contributed by atoms with Gasteiger partial charge in [-0.3, -0.25) is 4.79 Å². The van der Waals surface area contributed by atoms with Crippen LogP contribution in [0.2, 0.25) is 0 Å². The van der Waals surface area contributed by atoms with Crippen molar-refractivity contribution in [3.63, 3.8) is 0 Å². The summed E-state index contributed by atoms with van der Waals surface area (Å²) in [5, 5.41) is 0. The van der Waals surface area contributed by atoms with Gasteiger partial charge in [0, 0.05) is 31.9 Å². The molecule has 1 aromatic heterocycles. The average Bonchev–Trinajstić information content (AvgIpc) is 2.71. The fourth-order valence-corrected chi connectivity index (χ4v) is 5.23. The Morgan fingerprint density at radius 1 is 1.21 bits per heavy atom. The summed E-state index contributed by atoms with van der Waals surface area (Å²) in [7, 11) is -3.39. The number of carbonyl (C=O) groups is 1. The summed E-state index contributed by atoms with van der Waals surface area (Å²) in [5.74, 6) is 1.18. The molecular weight excluding hydrogens is 396 g/mol. The minimum Gasteiger partial charge on any atom is -0.480 e. The number of nitrogens with zero attached hydrogens (tertiary/aromatic N) is 3. The Bertz CT molecular complexity index is 841. The third kappa shape index (κ3) is 4.81. The SMILES string of the molecule is CS(=O)(=O)N[C@H]1CCCN2C(=O)COc3cccnc3N3CCC(CC3)OCC12. The molecule has 2 bridgehead atoms. The minimum absolute atomic E-state index is 0.0813. The topological polar surface area (TPSA) is 101 Å². The van der Waals surface area contributed by atoms with E-state index in [0.717, 1.165) is 44.4 Å². The van der Waals surface area contributed by atoms with Gasteiger partial charge in [0.2, 0.25) is 10.0 Å². The number of hydrogen-bond donors (Lipinski definition) is 1. The van der Waals surface area contributed by atoms with Gasteiger partial charge in [-0.05, 0) is 37.8 Å². The monoisotopic (exact) mass is 424 g/mol. The van der Waals surface area contributed by atoms with E-state index in [1.807, 2.05) is 6.07 Å². The van der Waals surface area contributed by atoms with Gasteiger partial charge in [0.25, 0.3) is 5.91 Å². The lowest BCUT2D eigenvalue weighted by Gasteiger charge is -2.41. The van der Waals surface area contributed by atoms with Gasteiger partial charge in [0.15, 0.2) is 18.2 Å². The number of amides is 1. The summed E-state index contributed by atoms with van der Waals surface area (Å²) in [6.07, 6.45) is 6.06. The third-order valence-corrected chi connectivity index (χ3v) is 6.54. The molecule has 0 saturated carbocycles. The number of aromatic nitrogens is 1. The molecule has 4 aliphatic rings. The van der Waals surface area contributed by atoms with E-state index in [1.54, 1.807) is 17.2 Å². The first-order chi connectivity index (χ1) is 13.9. The second-order valence-corrected chi connectivity index (χ2v) is 9.71. The molecule has 1 amide bonds. The zero-order valence-electron chi connectivity index (χ0n) is 16.6. The van der Waals surface area contributed by atoms with E-state index in [1.165, 1.54) is 0 Å². The zero-order chi connectivity index (χ0) is 20.4. The third-order valence-electron chi connectivity index (χ3n) is 5.81. The number of fused-ring (bicyclic) bond motifs is 5. The van der Waals surface area contributed by atoms with Crippen LogP contribution in [0.25, 0.3) is 0 Å². The number of pyridine rings is 1. The van der Waals surface area contributed by atoms with Crippen LogP contribution in [0.3, 0.4) is 0 Å². The number of nitrogens with one attached hydrogen (secondary N) is 1. The van der Waals surface area contributed by atoms with Crippen molar-refractivity contribution in [1.82, 2.24) is 14.6 Å². The van der Waals surface area contributed by atoms with E-state index in [0.29, 0.717) is 25.3 Å². The number of ether oxygens (including phenoxy) is 2. The van der Waals surface area contributed by atoms with Crippen LogP contribution in [0.5, 0.6) is 5.75 Å². The highest BCUT2D eigenvalue weighted by molar-refractivity contribution is 7.88. The molecule has 1 unspecified atom stereocenters. The summed E-state index contributed by atoms with van der Waals surface area (Å²) in [6, 6.07) is 2.93. The number of hydrogen-bond acceptors (Lipinski definition) is 7. The fraction of sp³-hybridized carbons (Fsp3) is 0.684. The van der Waals surface area contributed by atoms with Crippen LogP contribution in [-0.4, -0.2) is 81.5 Å². The highest BCUT2D eigenvalue weighted by Crippen LogP contribution is 2.30. The van der Waals surface area contributed by atoms with Crippen LogP contribution < -0.4 is 14.4 Å². The predicted molar refractivity (Wildman–Crippen MR) is 107 cm³/mol. The number of anilines is 1. The van der Waals surface area contributed by atoms with Gasteiger partial charge in [-0.2, -0.15) is 0 Å². The molecule has 9 nitrogen and oxygen atoms in total. The van der Waals surface area contributed by atoms with Crippen molar-refractivity contribution in [2.24, 2.45) is 0 Å². The molecular formula is C19H28N4O5S. The second kappa shape index (κ2) is 8.45. The fourth-order valence-electron chi connectivity index (χ4n) is 4.41. The van der Waals surface area contributed by atoms with Crippen LogP contribution >= 0.6 is 0 Å². The number of rotatable bonds is 2. The van der Waals surface area contributed by atoms with Gasteiger partial charge < -0.3 is 19.3 Å².